The molecule has 0 unspecified atom stereocenters. The van der Waals surface area contributed by atoms with E-state index in [0.717, 1.165) is 5.56 Å². The molecule has 0 aliphatic heterocycles. The molecule has 1 aromatic carbocycles. The lowest BCUT2D eigenvalue weighted by Gasteiger charge is -2.05. The summed E-state index contributed by atoms with van der Waals surface area (Å²) in [5.41, 5.74) is 5.09. The van der Waals surface area contributed by atoms with Crippen LogP contribution in [0.4, 0.5) is 0 Å². The summed E-state index contributed by atoms with van der Waals surface area (Å²) in [5, 5.41) is 3.91. The molecule has 0 heterocycles. The van der Waals surface area contributed by atoms with Crippen LogP contribution in [0.25, 0.3) is 0 Å². The summed E-state index contributed by atoms with van der Waals surface area (Å²) in [6.07, 6.45) is 0. The number of hydrogen-bond acceptors (Lipinski definition) is 3. The Labute approximate surface area is 84.8 Å². The monoisotopic (exact) mass is 192 g/mol. The maximum Gasteiger partial charge on any atom is 0.202 e. The van der Waals surface area contributed by atoms with Gasteiger partial charge in [0, 0.05) is 14.0 Å². The zero-order chi connectivity index (χ0) is 10.4. The Kier molecular flexibility index (Phi) is 3.98. The van der Waals surface area contributed by atoms with E-state index in [9.17, 15) is 0 Å². The van der Waals surface area contributed by atoms with Crippen LogP contribution in [0.2, 0.25) is 0 Å². The van der Waals surface area contributed by atoms with Crippen molar-refractivity contribution in [2.24, 2.45) is 5.10 Å². The van der Waals surface area contributed by atoms with Crippen molar-refractivity contribution in [1.82, 2.24) is 5.43 Å². The van der Waals surface area contributed by atoms with Crippen LogP contribution in [0.1, 0.15) is 18.1 Å². The van der Waals surface area contributed by atoms with Gasteiger partial charge in [-0.05, 0) is 12.5 Å². The molecule has 0 saturated heterocycles. The first-order valence-electron chi connectivity index (χ1n) is 4.61. The summed E-state index contributed by atoms with van der Waals surface area (Å²) in [4.78, 5) is 0. The van der Waals surface area contributed by atoms with Crippen LogP contribution in [0, 0.1) is 6.92 Å². The Hall–Kier alpha value is -1.51. The SMILES string of the molecule is CN/N=C(/C)OCc1cccc(C)c1. The number of benzene rings is 1. The van der Waals surface area contributed by atoms with E-state index in [1.54, 1.807) is 7.05 Å². The average molecular weight is 192 g/mol. The van der Waals surface area contributed by atoms with E-state index in [0.29, 0.717) is 12.5 Å². The third-order valence-electron chi connectivity index (χ3n) is 1.80. The van der Waals surface area contributed by atoms with Crippen LogP contribution < -0.4 is 5.43 Å². The third-order valence-corrected chi connectivity index (χ3v) is 1.80. The van der Waals surface area contributed by atoms with Gasteiger partial charge in [-0.2, -0.15) is 0 Å². The van der Waals surface area contributed by atoms with Gasteiger partial charge >= 0.3 is 0 Å². The molecule has 1 aromatic rings. The highest BCUT2D eigenvalue weighted by Crippen LogP contribution is 2.05. The fourth-order valence-corrected chi connectivity index (χ4v) is 1.18. The lowest BCUT2D eigenvalue weighted by atomic mass is 10.1. The van der Waals surface area contributed by atoms with Crippen molar-refractivity contribution in [2.75, 3.05) is 7.05 Å². The molecule has 0 aromatic heterocycles. The van der Waals surface area contributed by atoms with Gasteiger partial charge in [0.2, 0.25) is 5.90 Å². The number of ether oxygens (including phenoxy) is 1. The molecule has 1 rings (SSSR count). The van der Waals surface area contributed by atoms with Crippen LogP contribution in [-0.4, -0.2) is 12.9 Å². The first-order valence-corrected chi connectivity index (χ1v) is 4.61. The van der Waals surface area contributed by atoms with Crippen molar-refractivity contribution in [3.05, 3.63) is 35.4 Å². The first kappa shape index (κ1) is 10.6. The van der Waals surface area contributed by atoms with E-state index in [1.165, 1.54) is 5.56 Å². The van der Waals surface area contributed by atoms with E-state index in [2.05, 4.69) is 29.6 Å². The molecule has 0 bridgehead atoms. The molecule has 0 spiro atoms. The van der Waals surface area contributed by atoms with Gasteiger partial charge in [-0.3, -0.25) is 0 Å². The van der Waals surface area contributed by atoms with Gasteiger partial charge in [-0.25, -0.2) is 0 Å². The van der Waals surface area contributed by atoms with Crippen molar-refractivity contribution < 1.29 is 4.74 Å². The minimum Gasteiger partial charge on any atom is -0.475 e. The molecule has 3 nitrogen and oxygen atoms in total. The average Bonchev–Trinajstić information content (AvgIpc) is 2.15. The van der Waals surface area contributed by atoms with Gasteiger partial charge in [-0.1, -0.05) is 29.8 Å². The molecule has 0 fully saturated rings. The number of aryl methyl sites for hydroxylation is 1. The quantitative estimate of drug-likeness (QED) is 0.452. The molecule has 0 atom stereocenters. The summed E-state index contributed by atoms with van der Waals surface area (Å²) < 4.78 is 5.41. The summed E-state index contributed by atoms with van der Waals surface area (Å²) in [5.74, 6) is 0.647. The van der Waals surface area contributed by atoms with Crippen LogP contribution in [0.5, 0.6) is 0 Å². The van der Waals surface area contributed by atoms with Gasteiger partial charge in [-0.15, -0.1) is 5.10 Å². The topological polar surface area (TPSA) is 33.6 Å². The van der Waals surface area contributed by atoms with E-state index in [-0.39, 0.29) is 0 Å². The highest BCUT2D eigenvalue weighted by Gasteiger charge is 1.95. The summed E-state index contributed by atoms with van der Waals surface area (Å²) >= 11 is 0. The maximum absolute atomic E-state index is 5.41. The van der Waals surface area contributed by atoms with Crippen LogP contribution in [0.3, 0.4) is 0 Å². The van der Waals surface area contributed by atoms with Gasteiger partial charge in [0.15, 0.2) is 0 Å². The Morgan fingerprint density at radius 1 is 1.50 bits per heavy atom. The zero-order valence-electron chi connectivity index (χ0n) is 8.87. The number of hydrogen-bond donors (Lipinski definition) is 1. The molecular formula is C11H16N2O. The Morgan fingerprint density at radius 2 is 2.29 bits per heavy atom. The standard InChI is InChI=1S/C11H16N2O/c1-9-5-4-6-11(7-9)8-14-10(2)13-12-3/h4-7,12H,8H2,1-3H3/b13-10-. The lowest BCUT2D eigenvalue weighted by molar-refractivity contribution is 0.287. The summed E-state index contributed by atoms with van der Waals surface area (Å²) in [7, 11) is 1.75. The van der Waals surface area contributed by atoms with Gasteiger partial charge < -0.3 is 10.2 Å². The van der Waals surface area contributed by atoms with Gasteiger partial charge in [0.25, 0.3) is 0 Å². The second-order valence-electron chi connectivity index (χ2n) is 3.13. The second-order valence-corrected chi connectivity index (χ2v) is 3.13. The molecular weight excluding hydrogens is 176 g/mol. The van der Waals surface area contributed by atoms with Crippen molar-refractivity contribution in [3.63, 3.8) is 0 Å². The predicted octanol–water partition coefficient (Wildman–Crippen LogP) is 2.06. The minimum absolute atomic E-state index is 0.568. The fourth-order valence-electron chi connectivity index (χ4n) is 1.18. The van der Waals surface area contributed by atoms with Crippen molar-refractivity contribution in [1.29, 1.82) is 0 Å². The first-order chi connectivity index (χ1) is 6.72. The van der Waals surface area contributed by atoms with Crippen LogP contribution in [0.15, 0.2) is 29.4 Å². The molecule has 0 saturated carbocycles. The number of nitrogens with one attached hydrogen (secondary N) is 1. The molecule has 0 aliphatic carbocycles. The maximum atomic E-state index is 5.41. The molecule has 0 amide bonds. The van der Waals surface area contributed by atoms with Crippen molar-refractivity contribution >= 4 is 5.90 Å². The highest BCUT2D eigenvalue weighted by atomic mass is 16.5. The second kappa shape index (κ2) is 5.27. The zero-order valence-corrected chi connectivity index (χ0v) is 8.87. The number of nitrogens with zero attached hydrogens (tertiary/aromatic N) is 1. The largest absolute Gasteiger partial charge is 0.475 e. The molecule has 1 N–H and O–H groups in total. The molecule has 14 heavy (non-hydrogen) atoms. The van der Waals surface area contributed by atoms with E-state index in [1.807, 2.05) is 19.1 Å². The smallest absolute Gasteiger partial charge is 0.202 e. The Balaban J connectivity index is 2.49. The summed E-state index contributed by atoms with van der Waals surface area (Å²) in [6, 6.07) is 8.24. The fraction of sp³-hybridized carbons (Fsp3) is 0.364. The van der Waals surface area contributed by atoms with E-state index in [4.69, 9.17) is 4.74 Å². The molecule has 0 aliphatic rings. The Bertz CT molecular complexity index is 321. The van der Waals surface area contributed by atoms with Crippen LogP contribution >= 0.6 is 0 Å². The number of hydrazone groups is 1. The predicted molar refractivity (Wildman–Crippen MR) is 58.1 cm³/mol. The van der Waals surface area contributed by atoms with E-state index >= 15 is 0 Å². The number of rotatable bonds is 3. The highest BCUT2D eigenvalue weighted by molar-refractivity contribution is 5.72. The summed E-state index contributed by atoms with van der Waals surface area (Å²) in [6.45, 7) is 4.46. The van der Waals surface area contributed by atoms with Crippen molar-refractivity contribution in [2.45, 2.75) is 20.5 Å². The molecule has 76 valence electrons. The van der Waals surface area contributed by atoms with Crippen molar-refractivity contribution in [3.8, 4) is 0 Å². The third kappa shape index (κ3) is 3.47. The molecule has 0 radical (unpaired) electrons. The lowest BCUT2D eigenvalue weighted by Crippen LogP contribution is -2.05. The minimum atomic E-state index is 0.568. The Morgan fingerprint density at radius 3 is 2.93 bits per heavy atom. The van der Waals surface area contributed by atoms with E-state index < -0.39 is 0 Å². The normalized spacial score (nSPS) is 11.2. The van der Waals surface area contributed by atoms with Crippen LogP contribution in [-0.2, 0) is 11.3 Å². The van der Waals surface area contributed by atoms with Gasteiger partial charge in [0.05, 0.1) is 0 Å². The molecule has 3 heteroatoms. The van der Waals surface area contributed by atoms with Gasteiger partial charge in [0.1, 0.15) is 6.61 Å².